The van der Waals surface area contributed by atoms with Crippen molar-refractivity contribution in [3.63, 3.8) is 0 Å². The Kier molecular flexibility index (Phi) is 6.91. The Hall–Kier alpha value is -2.97. The summed E-state index contributed by atoms with van der Waals surface area (Å²) < 4.78 is 43.9. The molecule has 1 saturated carbocycles. The Morgan fingerprint density at radius 3 is 2.44 bits per heavy atom. The molecular formula is C25H24ClFN2O4S. The Balaban J connectivity index is 1.38. The third-order valence-corrected chi connectivity index (χ3v) is 8.01. The molecule has 1 N–H and O–H groups in total. The number of hydrogen-bond acceptors (Lipinski definition) is 5. The van der Waals surface area contributed by atoms with Crippen LogP contribution in [0.1, 0.15) is 37.3 Å². The molecule has 1 heterocycles. The molecule has 3 aromatic rings. The molecule has 0 saturated heterocycles. The third-order valence-electron chi connectivity index (χ3n) is 5.95. The Morgan fingerprint density at radius 2 is 1.88 bits per heavy atom. The average Bonchev–Trinajstić information content (AvgIpc) is 2.79. The first kappa shape index (κ1) is 24.2. The first-order valence-corrected chi connectivity index (χ1v) is 13.0. The second-order valence-corrected chi connectivity index (χ2v) is 10.9. The second kappa shape index (κ2) is 9.72. The van der Waals surface area contributed by atoms with Crippen molar-refractivity contribution in [2.45, 2.75) is 43.1 Å². The van der Waals surface area contributed by atoms with Gasteiger partial charge in [-0.25, -0.2) is 17.8 Å². The molecule has 0 unspecified atom stereocenters. The maximum atomic E-state index is 14.0. The summed E-state index contributed by atoms with van der Waals surface area (Å²) in [5, 5.41) is 2.84. The minimum atomic E-state index is -3.27. The quantitative estimate of drug-likeness (QED) is 0.451. The van der Waals surface area contributed by atoms with Crippen LogP contribution in [-0.4, -0.2) is 25.1 Å². The number of benzene rings is 2. The van der Waals surface area contributed by atoms with E-state index in [4.69, 9.17) is 16.3 Å². The normalized spacial score (nSPS) is 14.8. The molecule has 1 aliphatic carbocycles. The number of nitrogens with one attached hydrogen (secondary N) is 1. The zero-order chi connectivity index (χ0) is 24.3. The minimum Gasteiger partial charge on any atom is -0.466 e. The van der Waals surface area contributed by atoms with E-state index in [0.717, 1.165) is 24.8 Å². The standard InChI is InChI=1S/C25H24ClFN2O4S/c1-2-34(31,32)20-8-4-17(5-9-20)14-23(30)29-19-7-11-24(28-16-19)33-25(12-3-13-25)18-6-10-21(26)22(27)15-18/h4-11,15-16H,2-3,12-14H2,1H3,(H,29,30). The molecule has 0 aliphatic heterocycles. The monoisotopic (exact) mass is 502 g/mol. The van der Waals surface area contributed by atoms with Crippen molar-refractivity contribution < 1.29 is 22.3 Å². The summed E-state index contributed by atoms with van der Waals surface area (Å²) in [6.45, 7) is 1.59. The number of carbonyl (C=O) groups excluding carboxylic acids is 1. The summed E-state index contributed by atoms with van der Waals surface area (Å²) in [7, 11) is -3.27. The summed E-state index contributed by atoms with van der Waals surface area (Å²) in [5.41, 5.74) is 1.28. The SMILES string of the molecule is CCS(=O)(=O)c1ccc(CC(=O)Nc2ccc(OC3(c4ccc(Cl)c(F)c4)CCC3)nc2)cc1. The van der Waals surface area contributed by atoms with Crippen molar-refractivity contribution in [1.29, 1.82) is 0 Å². The minimum absolute atomic E-state index is 0.0250. The van der Waals surface area contributed by atoms with Gasteiger partial charge in [0.1, 0.15) is 11.4 Å². The smallest absolute Gasteiger partial charge is 0.228 e. The van der Waals surface area contributed by atoms with E-state index in [1.807, 2.05) is 0 Å². The van der Waals surface area contributed by atoms with Gasteiger partial charge in [0.2, 0.25) is 11.8 Å². The van der Waals surface area contributed by atoms with Crippen LogP contribution in [0.25, 0.3) is 0 Å². The molecule has 1 fully saturated rings. The van der Waals surface area contributed by atoms with Gasteiger partial charge in [0.25, 0.3) is 0 Å². The fraction of sp³-hybridized carbons (Fsp3) is 0.280. The summed E-state index contributed by atoms with van der Waals surface area (Å²) >= 11 is 5.81. The van der Waals surface area contributed by atoms with Crippen molar-refractivity contribution in [3.8, 4) is 5.88 Å². The van der Waals surface area contributed by atoms with E-state index < -0.39 is 21.3 Å². The van der Waals surface area contributed by atoms with Gasteiger partial charge in [-0.05, 0) is 60.7 Å². The Bertz CT molecular complexity index is 1290. The lowest BCUT2D eigenvalue weighted by Gasteiger charge is -2.42. The van der Waals surface area contributed by atoms with Crippen LogP contribution in [0.5, 0.6) is 5.88 Å². The van der Waals surface area contributed by atoms with Gasteiger partial charge in [-0.15, -0.1) is 0 Å². The number of pyridine rings is 1. The molecule has 0 radical (unpaired) electrons. The van der Waals surface area contributed by atoms with E-state index in [-0.39, 0.29) is 28.0 Å². The highest BCUT2D eigenvalue weighted by atomic mass is 35.5. The number of hydrogen-bond donors (Lipinski definition) is 1. The number of ether oxygens (including phenoxy) is 1. The van der Waals surface area contributed by atoms with Gasteiger partial charge >= 0.3 is 0 Å². The molecule has 1 aliphatic rings. The molecule has 0 spiro atoms. The largest absolute Gasteiger partial charge is 0.466 e. The maximum Gasteiger partial charge on any atom is 0.228 e. The van der Waals surface area contributed by atoms with Crippen LogP contribution >= 0.6 is 11.6 Å². The fourth-order valence-electron chi connectivity index (χ4n) is 3.81. The highest BCUT2D eigenvalue weighted by Gasteiger charge is 2.42. The van der Waals surface area contributed by atoms with Gasteiger partial charge in [0, 0.05) is 6.07 Å². The van der Waals surface area contributed by atoms with E-state index in [9.17, 15) is 17.6 Å². The topological polar surface area (TPSA) is 85.4 Å². The Labute approximate surface area is 203 Å². The van der Waals surface area contributed by atoms with E-state index in [2.05, 4.69) is 10.3 Å². The number of nitrogens with zero attached hydrogens (tertiary/aromatic N) is 1. The van der Waals surface area contributed by atoms with Crippen molar-refractivity contribution in [1.82, 2.24) is 4.98 Å². The molecule has 1 amide bonds. The first-order valence-electron chi connectivity index (χ1n) is 10.9. The second-order valence-electron chi connectivity index (χ2n) is 8.24. The van der Waals surface area contributed by atoms with Crippen LogP contribution < -0.4 is 10.1 Å². The predicted molar refractivity (Wildman–Crippen MR) is 128 cm³/mol. The molecule has 6 nitrogen and oxygen atoms in total. The number of amides is 1. The van der Waals surface area contributed by atoms with E-state index in [1.54, 1.807) is 37.3 Å². The Morgan fingerprint density at radius 1 is 1.15 bits per heavy atom. The van der Waals surface area contributed by atoms with Gasteiger partial charge in [0.15, 0.2) is 9.84 Å². The van der Waals surface area contributed by atoms with Crippen LogP contribution in [0, 0.1) is 5.82 Å². The van der Waals surface area contributed by atoms with E-state index >= 15 is 0 Å². The summed E-state index contributed by atoms with van der Waals surface area (Å²) in [6.07, 6.45) is 4.04. The number of halogens is 2. The molecule has 2 aromatic carbocycles. The van der Waals surface area contributed by atoms with Crippen molar-refractivity contribution in [2.24, 2.45) is 0 Å². The van der Waals surface area contributed by atoms with E-state index in [1.165, 1.54) is 30.5 Å². The van der Waals surface area contributed by atoms with Gasteiger partial charge in [-0.1, -0.05) is 36.7 Å². The molecule has 1 aromatic heterocycles. The molecule has 9 heteroatoms. The van der Waals surface area contributed by atoms with Crippen molar-refractivity contribution >= 4 is 33.0 Å². The number of aromatic nitrogens is 1. The molecule has 0 atom stereocenters. The zero-order valence-electron chi connectivity index (χ0n) is 18.6. The molecule has 4 rings (SSSR count). The van der Waals surface area contributed by atoms with Crippen molar-refractivity contribution in [2.75, 3.05) is 11.1 Å². The first-order chi connectivity index (χ1) is 16.2. The molecular weight excluding hydrogens is 479 g/mol. The van der Waals surface area contributed by atoms with Gasteiger partial charge in [0.05, 0.1) is 34.0 Å². The number of sulfone groups is 1. The van der Waals surface area contributed by atoms with Crippen LogP contribution in [0.15, 0.2) is 65.7 Å². The predicted octanol–water partition coefficient (Wildman–Crippen LogP) is 5.31. The maximum absolute atomic E-state index is 14.0. The zero-order valence-corrected chi connectivity index (χ0v) is 20.1. The lowest BCUT2D eigenvalue weighted by molar-refractivity contribution is -0.115. The summed E-state index contributed by atoms with van der Waals surface area (Å²) in [5.74, 6) is -0.340. The van der Waals surface area contributed by atoms with Crippen LogP contribution in [0.3, 0.4) is 0 Å². The number of rotatable bonds is 8. The summed E-state index contributed by atoms with van der Waals surface area (Å²) in [4.78, 5) is 16.9. The lowest BCUT2D eigenvalue weighted by Crippen LogP contribution is -2.40. The highest BCUT2D eigenvalue weighted by molar-refractivity contribution is 7.91. The van der Waals surface area contributed by atoms with Crippen LogP contribution in [0.4, 0.5) is 10.1 Å². The van der Waals surface area contributed by atoms with Gasteiger partial charge in [-0.3, -0.25) is 4.79 Å². The fourth-order valence-corrected chi connectivity index (χ4v) is 4.82. The number of carbonyl (C=O) groups is 1. The summed E-state index contributed by atoms with van der Waals surface area (Å²) in [6, 6.07) is 14.3. The number of anilines is 1. The van der Waals surface area contributed by atoms with Gasteiger partial charge in [-0.2, -0.15) is 0 Å². The van der Waals surface area contributed by atoms with Crippen LogP contribution in [-0.2, 0) is 26.7 Å². The molecule has 34 heavy (non-hydrogen) atoms. The molecule has 178 valence electrons. The third kappa shape index (κ3) is 5.23. The van der Waals surface area contributed by atoms with E-state index in [0.29, 0.717) is 17.1 Å². The molecule has 0 bridgehead atoms. The highest BCUT2D eigenvalue weighted by Crippen LogP contribution is 2.45. The lowest BCUT2D eigenvalue weighted by atomic mass is 9.75. The average molecular weight is 503 g/mol. The van der Waals surface area contributed by atoms with Gasteiger partial charge < -0.3 is 10.1 Å². The van der Waals surface area contributed by atoms with Crippen LogP contribution in [0.2, 0.25) is 5.02 Å². The van der Waals surface area contributed by atoms with Crippen molar-refractivity contribution in [3.05, 3.63) is 82.8 Å².